The summed E-state index contributed by atoms with van der Waals surface area (Å²) in [6, 6.07) is 4.24. The number of pyridine rings is 1. The maximum atomic E-state index is 13.3. The highest BCUT2D eigenvalue weighted by Crippen LogP contribution is 2.29. The van der Waals surface area contributed by atoms with Crippen LogP contribution >= 0.6 is 15.9 Å². The van der Waals surface area contributed by atoms with E-state index in [-0.39, 0.29) is 27.6 Å². The predicted molar refractivity (Wildman–Crippen MR) is 63.2 cm³/mol. The molecule has 0 unspecified atom stereocenters. The van der Waals surface area contributed by atoms with Crippen molar-refractivity contribution in [2.75, 3.05) is 0 Å². The fourth-order valence-corrected chi connectivity index (χ4v) is 1.90. The number of nitrogens with zero attached hydrogens (tertiary/aromatic N) is 1. The van der Waals surface area contributed by atoms with Gasteiger partial charge < -0.3 is 10.1 Å². The largest absolute Gasteiger partial charge is 0.507 e. The van der Waals surface area contributed by atoms with E-state index in [9.17, 15) is 14.3 Å². The summed E-state index contributed by atoms with van der Waals surface area (Å²) < 4.78 is 13.5. The van der Waals surface area contributed by atoms with Gasteiger partial charge in [-0.15, -0.1) is 0 Å². The Labute approximate surface area is 103 Å². The van der Waals surface area contributed by atoms with E-state index in [4.69, 9.17) is 5.26 Å². The molecule has 0 saturated carbocycles. The highest BCUT2D eigenvalue weighted by Gasteiger charge is 2.13. The van der Waals surface area contributed by atoms with Gasteiger partial charge in [-0.05, 0) is 28.1 Å². The van der Waals surface area contributed by atoms with Crippen molar-refractivity contribution < 1.29 is 9.50 Å². The topological polar surface area (TPSA) is 76.9 Å². The molecule has 86 valence electrons. The number of rotatable bonds is 1. The van der Waals surface area contributed by atoms with Crippen LogP contribution in [0.5, 0.6) is 5.75 Å². The number of H-pyrrole nitrogens is 1. The molecule has 1 aromatic carbocycles. The Bertz CT molecular complexity index is 703. The zero-order chi connectivity index (χ0) is 12.6. The molecule has 0 saturated heterocycles. The van der Waals surface area contributed by atoms with Gasteiger partial charge in [0.25, 0.3) is 5.56 Å². The number of aromatic hydroxyl groups is 1. The van der Waals surface area contributed by atoms with E-state index in [1.165, 1.54) is 6.07 Å². The standard InChI is InChI=1S/C11H6BrFN2O2/c12-7-4-9-6(3-8(7)13)10(16)5(1-2-14)11(17)15-9/h3-4H,1H2,(H2,15,16,17). The molecule has 6 heteroatoms. The van der Waals surface area contributed by atoms with Crippen molar-refractivity contribution in [1.29, 1.82) is 5.26 Å². The second-order valence-electron chi connectivity index (χ2n) is 3.43. The van der Waals surface area contributed by atoms with E-state index in [2.05, 4.69) is 20.9 Å². The highest BCUT2D eigenvalue weighted by molar-refractivity contribution is 9.10. The number of benzene rings is 1. The van der Waals surface area contributed by atoms with Gasteiger partial charge in [0.1, 0.15) is 11.6 Å². The van der Waals surface area contributed by atoms with Crippen molar-refractivity contribution in [3.63, 3.8) is 0 Å². The Morgan fingerprint density at radius 3 is 2.88 bits per heavy atom. The van der Waals surface area contributed by atoms with Crippen LogP contribution < -0.4 is 5.56 Å². The second-order valence-corrected chi connectivity index (χ2v) is 4.28. The van der Waals surface area contributed by atoms with E-state index in [0.29, 0.717) is 5.52 Å². The molecular formula is C11H6BrFN2O2. The fourth-order valence-electron chi connectivity index (χ4n) is 1.56. The fraction of sp³-hybridized carbons (Fsp3) is 0.0909. The van der Waals surface area contributed by atoms with Crippen molar-refractivity contribution in [2.45, 2.75) is 6.42 Å². The molecule has 0 fully saturated rings. The molecule has 4 nitrogen and oxygen atoms in total. The minimum atomic E-state index is -0.553. The van der Waals surface area contributed by atoms with Crippen LogP contribution in [0.1, 0.15) is 5.56 Å². The predicted octanol–water partition coefficient (Wildman–Crippen LogP) is 2.20. The number of aromatic nitrogens is 1. The third-order valence-corrected chi connectivity index (χ3v) is 2.99. The lowest BCUT2D eigenvalue weighted by Crippen LogP contribution is -2.12. The summed E-state index contributed by atoms with van der Waals surface area (Å²) in [4.78, 5) is 14.1. The van der Waals surface area contributed by atoms with Crippen LogP contribution in [0.4, 0.5) is 4.39 Å². The maximum Gasteiger partial charge on any atom is 0.256 e. The summed E-state index contributed by atoms with van der Waals surface area (Å²) in [5.41, 5.74) is -0.292. The van der Waals surface area contributed by atoms with Crippen LogP contribution in [-0.2, 0) is 6.42 Å². The van der Waals surface area contributed by atoms with Gasteiger partial charge in [0, 0.05) is 5.39 Å². The molecule has 1 heterocycles. The van der Waals surface area contributed by atoms with E-state index >= 15 is 0 Å². The Hall–Kier alpha value is -1.87. The minimum absolute atomic E-state index is 0.0540. The van der Waals surface area contributed by atoms with E-state index in [1.807, 2.05) is 0 Å². The van der Waals surface area contributed by atoms with Crippen molar-refractivity contribution in [1.82, 2.24) is 4.98 Å². The monoisotopic (exact) mass is 296 g/mol. The Kier molecular flexibility index (Phi) is 2.86. The molecule has 1 aromatic heterocycles. The number of fused-ring (bicyclic) bond motifs is 1. The molecule has 2 rings (SSSR count). The molecule has 17 heavy (non-hydrogen) atoms. The quantitative estimate of drug-likeness (QED) is 0.847. The molecule has 2 aromatic rings. The molecule has 0 aliphatic carbocycles. The third kappa shape index (κ3) is 1.89. The Morgan fingerprint density at radius 1 is 1.53 bits per heavy atom. The summed E-state index contributed by atoms with van der Waals surface area (Å²) in [5, 5.41) is 18.5. The number of nitriles is 1. The lowest BCUT2D eigenvalue weighted by atomic mass is 10.1. The number of aromatic amines is 1. The molecule has 0 aliphatic heterocycles. The van der Waals surface area contributed by atoms with Crippen LogP contribution in [0.2, 0.25) is 0 Å². The van der Waals surface area contributed by atoms with Gasteiger partial charge in [-0.3, -0.25) is 4.79 Å². The zero-order valence-corrected chi connectivity index (χ0v) is 10.0. The SMILES string of the molecule is N#CCc1c(O)c2cc(F)c(Br)cc2[nH]c1=O. The molecule has 0 aliphatic rings. The smallest absolute Gasteiger partial charge is 0.256 e. The summed E-state index contributed by atoms with van der Waals surface area (Å²) in [7, 11) is 0. The van der Waals surface area contributed by atoms with Crippen molar-refractivity contribution in [3.05, 3.63) is 38.3 Å². The normalized spacial score (nSPS) is 10.4. The van der Waals surface area contributed by atoms with E-state index in [1.54, 1.807) is 6.07 Å². The first kappa shape index (κ1) is 11.6. The summed E-state index contributed by atoms with van der Waals surface area (Å²) in [6.07, 6.45) is -0.227. The lowest BCUT2D eigenvalue weighted by molar-refractivity contribution is 0.474. The number of hydrogen-bond donors (Lipinski definition) is 2. The van der Waals surface area contributed by atoms with Gasteiger partial charge in [-0.1, -0.05) is 0 Å². The number of nitrogens with one attached hydrogen (secondary N) is 1. The number of hydrogen-bond acceptors (Lipinski definition) is 3. The Morgan fingerprint density at radius 2 is 2.24 bits per heavy atom. The van der Waals surface area contributed by atoms with Crippen LogP contribution in [-0.4, -0.2) is 10.1 Å². The first-order valence-electron chi connectivity index (χ1n) is 4.64. The molecule has 0 spiro atoms. The van der Waals surface area contributed by atoms with Gasteiger partial charge in [-0.2, -0.15) is 5.26 Å². The van der Waals surface area contributed by atoms with Gasteiger partial charge in [0.15, 0.2) is 0 Å². The van der Waals surface area contributed by atoms with Gasteiger partial charge in [-0.25, -0.2) is 4.39 Å². The highest BCUT2D eigenvalue weighted by atomic mass is 79.9. The first-order valence-corrected chi connectivity index (χ1v) is 5.43. The van der Waals surface area contributed by atoms with Crippen molar-refractivity contribution in [2.24, 2.45) is 0 Å². The van der Waals surface area contributed by atoms with Crippen molar-refractivity contribution >= 4 is 26.8 Å². The summed E-state index contributed by atoms with van der Waals surface area (Å²) in [5.74, 6) is -0.903. The van der Waals surface area contributed by atoms with Gasteiger partial charge in [0.2, 0.25) is 0 Å². The molecule has 0 atom stereocenters. The third-order valence-electron chi connectivity index (χ3n) is 2.38. The van der Waals surface area contributed by atoms with Crippen molar-refractivity contribution in [3.8, 4) is 11.8 Å². The van der Waals surface area contributed by atoms with Crippen LogP contribution in [0.25, 0.3) is 10.9 Å². The van der Waals surface area contributed by atoms with E-state index in [0.717, 1.165) is 6.07 Å². The zero-order valence-electron chi connectivity index (χ0n) is 8.42. The average Bonchev–Trinajstić information content (AvgIpc) is 2.28. The second kappa shape index (κ2) is 4.18. The molecule has 2 N–H and O–H groups in total. The maximum absolute atomic E-state index is 13.3. The number of halogens is 2. The Balaban J connectivity index is 2.88. The van der Waals surface area contributed by atoms with Gasteiger partial charge >= 0.3 is 0 Å². The average molecular weight is 297 g/mol. The van der Waals surface area contributed by atoms with Crippen LogP contribution in [0.15, 0.2) is 21.4 Å². The molecule has 0 bridgehead atoms. The van der Waals surface area contributed by atoms with Crippen LogP contribution in [0.3, 0.4) is 0 Å². The van der Waals surface area contributed by atoms with E-state index < -0.39 is 11.4 Å². The summed E-state index contributed by atoms with van der Waals surface area (Å²) >= 11 is 2.98. The summed E-state index contributed by atoms with van der Waals surface area (Å²) in [6.45, 7) is 0. The molecule has 0 amide bonds. The molecule has 0 radical (unpaired) electrons. The van der Waals surface area contributed by atoms with Gasteiger partial charge in [0.05, 0.1) is 28.0 Å². The molecular weight excluding hydrogens is 291 g/mol. The minimum Gasteiger partial charge on any atom is -0.507 e. The van der Waals surface area contributed by atoms with Crippen LogP contribution in [0, 0.1) is 17.1 Å². The first-order chi connectivity index (χ1) is 8.04. The lowest BCUT2D eigenvalue weighted by Gasteiger charge is -2.05.